The number of likely N-dealkylation sites (tertiary alicyclic amines) is 1. The van der Waals surface area contributed by atoms with Crippen molar-refractivity contribution in [3.8, 4) is 0 Å². The second-order valence-electron chi connectivity index (χ2n) is 8.67. The van der Waals surface area contributed by atoms with Crippen LogP contribution in [0.25, 0.3) is 5.57 Å². The number of nitrogens with zero attached hydrogens (tertiary/aromatic N) is 3. The molecule has 1 fully saturated rings. The number of rotatable bonds is 4. The monoisotopic (exact) mass is 411 g/mol. The van der Waals surface area contributed by atoms with E-state index in [1.54, 1.807) is 23.3 Å². The lowest BCUT2D eigenvalue weighted by Crippen LogP contribution is -2.40. The van der Waals surface area contributed by atoms with Crippen molar-refractivity contribution in [3.63, 3.8) is 0 Å². The maximum Gasteiger partial charge on any atom is 0.236 e. The zero-order chi connectivity index (χ0) is 21.0. The second kappa shape index (κ2) is 9.03. The molecule has 1 saturated heterocycles. The average molecular weight is 412 g/mol. The van der Waals surface area contributed by atoms with E-state index in [4.69, 9.17) is 0 Å². The van der Waals surface area contributed by atoms with Crippen LogP contribution < -0.4 is 0 Å². The molecule has 158 valence electrons. The summed E-state index contributed by atoms with van der Waals surface area (Å²) in [6.45, 7) is 2.90. The van der Waals surface area contributed by atoms with Crippen LogP contribution in [0, 0.1) is 5.92 Å². The first-order chi connectivity index (χ1) is 15.3. The van der Waals surface area contributed by atoms with Gasteiger partial charge in [0.2, 0.25) is 5.91 Å². The minimum atomic E-state index is 0.0648. The van der Waals surface area contributed by atoms with Crippen molar-refractivity contribution in [1.82, 2.24) is 14.5 Å². The molecule has 0 amide bonds. The van der Waals surface area contributed by atoms with Gasteiger partial charge in [-0.25, -0.2) is 4.98 Å². The van der Waals surface area contributed by atoms with Crippen molar-refractivity contribution in [1.29, 1.82) is 0 Å². The highest BCUT2D eigenvalue weighted by Crippen LogP contribution is 2.33. The summed E-state index contributed by atoms with van der Waals surface area (Å²) in [7, 11) is 0. The molecule has 5 rings (SSSR count). The minimum absolute atomic E-state index is 0.0648. The minimum Gasteiger partial charge on any atom is -0.302 e. The Kier molecular flexibility index (Phi) is 5.81. The highest BCUT2D eigenvalue weighted by Gasteiger charge is 2.26. The Morgan fingerprint density at radius 1 is 1.03 bits per heavy atom. The van der Waals surface area contributed by atoms with Gasteiger partial charge in [0, 0.05) is 25.5 Å². The molecule has 1 unspecified atom stereocenters. The van der Waals surface area contributed by atoms with Gasteiger partial charge in [0.25, 0.3) is 0 Å². The van der Waals surface area contributed by atoms with Gasteiger partial charge in [-0.1, -0.05) is 54.6 Å². The Labute approximate surface area is 184 Å². The predicted octanol–water partition coefficient (Wildman–Crippen LogP) is 4.86. The molecule has 2 aromatic carbocycles. The molecule has 0 radical (unpaired) electrons. The van der Waals surface area contributed by atoms with Crippen molar-refractivity contribution < 1.29 is 4.79 Å². The van der Waals surface area contributed by atoms with Crippen molar-refractivity contribution in [3.05, 3.63) is 95.6 Å². The van der Waals surface area contributed by atoms with E-state index in [1.165, 1.54) is 27.8 Å². The molecule has 31 heavy (non-hydrogen) atoms. The maximum atomic E-state index is 12.7. The number of fused-ring (bicyclic) bond motifs is 2. The first-order valence-electron chi connectivity index (χ1n) is 11.4. The molecule has 4 heteroatoms. The summed E-state index contributed by atoms with van der Waals surface area (Å²) in [5, 5.41) is 0. The molecule has 2 heterocycles. The molecular formula is C27H29N3O. The van der Waals surface area contributed by atoms with Crippen molar-refractivity contribution in [2.24, 2.45) is 5.92 Å². The molecule has 1 aliphatic heterocycles. The molecule has 2 aliphatic rings. The fraction of sp³-hybridized carbons (Fsp3) is 0.333. The number of carbonyl (C=O) groups is 1. The summed E-state index contributed by atoms with van der Waals surface area (Å²) in [5.74, 6) is 0.238. The highest BCUT2D eigenvalue weighted by molar-refractivity contribution is 5.84. The van der Waals surface area contributed by atoms with Crippen LogP contribution in [0.5, 0.6) is 0 Å². The molecule has 1 aromatic heterocycles. The van der Waals surface area contributed by atoms with E-state index in [9.17, 15) is 4.79 Å². The highest BCUT2D eigenvalue weighted by atomic mass is 16.2. The van der Waals surface area contributed by atoms with E-state index in [2.05, 4.69) is 64.5 Å². The number of piperidine rings is 1. The molecule has 1 atom stereocenters. The van der Waals surface area contributed by atoms with E-state index in [0.29, 0.717) is 0 Å². The van der Waals surface area contributed by atoms with Crippen LogP contribution in [0.2, 0.25) is 0 Å². The number of aromatic nitrogens is 2. The molecule has 4 nitrogen and oxygen atoms in total. The lowest BCUT2D eigenvalue weighted by molar-refractivity contribution is 0.0734. The molecule has 0 saturated carbocycles. The summed E-state index contributed by atoms with van der Waals surface area (Å²) in [4.78, 5) is 19.2. The van der Waals surface area contributed by atoms with Crippen molar-refractivity contribution >= 4 is 11.5 Å². The number of hydrogen-bond donors (Lipinski definition) is 0. The van der Waals surface area contributed by atoms with Gasteiger partial charge in [-0.15, -0.1) is 0 Å². The van der Waals surface area contributed by atoms with E-state index in [1.807, 2.05) is 0 Å². The first kappa shape index (κ1) is 20.0. The third-order valence-electron chi connectivity index (χ3n) is 6.69. The summed E-state index contributed by atoms with van der Waals surface area (Å²) in [6, 6.07) is 17.7. The number of imidazole rings is 1. The van der Waals surface area contributed by atoms with Crippen LogP contribution in [0.3, 0.4) is 0 Å². The van der Waals surface area contributed by atoms with Gasteiger partial charge >= 0.3 is 0 Å². The number of hydrogen-bond acceptors (Lipinski definition) is 3. The van der Waals surface area contributed by atoms with E-state index in [-0.39, 0.29) is 11.8 Å². The maximum absolute atomic E-state index is 12.7. The molecule has 3 aromatic rings. The van der Waals surface area contributed by atoms with Crippen molar-refractivity contribution in [2.75, 3.05) is 19.6 Å². The second-order valence-corrected chi connectivity index (χ2v) is 8.67. The SMILES string of the molecule is O=C(C1CCCN(CCC=C2c3ccccc3CCc3ccccc32)C1)n1ccnc1. The van der Waals surface area contributed by atoms with E-state index in [0.717, 1.165) is 51.7 Å². The summed E-state index contributed by atoms with van der Waals surface area (Å²) in [6.07, 6.45) is 12.7. The third kappa shape index (κ3) is 4.26. The van der Waals surface area contributed by atoms with Gasteiger partial charge in [0.1, 0.15) is 6.33 Å². The standard InChI is InChI=1S/C27H29N3O/c31-27(30-18-15-28-20-30)23-9-5-16-29(19-23)17-6-12-26-24-10-3-1-7-21(24)13-14-22-8-2-4-11-25(22)26/h1-4,7-8,10-12,15,18,20,23H,5-6,9,13-14,16-17,19H2. The van der Waals surface area contributed by atoms with Crippen LogP contribution in [0.4, 0.5) is 0 Å². The van der Waals surface area contributed by atoms with Gasteiger partial charge in [-0.05, 0) is 66.5 Å². The van der Waals surface area contributed by atoms with Gasteiger partial charge in [0.05, 0.1) is 5.92 Å². The van der Waals surface area contributed by atoms with Gasteiger partial charge < -0.3 is 4.90 Å². The lowest BCUT2D eigenvalue weighted by Gasteiger charge is -2.31. The fourth-order valence-corrected chi connectivity index (χ4v) is 5.09. The van der Waals surface area contributed by atoms with Crippen molar-refractivity contribution in [2.45, 2.75) is 32.1 Å². The Balaban J connectivity index is 1.32. The number of aryl methyl sites for hydroxylation is 2. The fourth-order valence-electron chi connectivity index (χ4n) is 5.09. The van der Waals surface area contributed by atoms with Gasteiger partial charge in [0.15, 0.2) is 0 Å². The van der Waals surface area contributed by atoms with Gasteiger partial charge in [-0.3, -0.25) is 9.36 Å². The van der Waals surface area contributed by atoms with Crippen LogP contribution in [-0.2, 0) is 12.8 Å². The Bertz CT molecular complexity index is 1030. The van der Waals surface area contributed by atoms with Crippen LogP contribution in [0.15, 0.2) is 73.3 Å². The number of benzene rings is 2. The molecule has 0 N–H and O–H groups in total. The predicted molar refractivity (Wildman–Crippen MR) is 124 cm³/mol. The first-order valence-corrected chi connectivity index (χ1v) is 11.4. The Morgan fingerprint density at radius 2 is 1.74 bits per heavy atom. The third-order valence-corrected chi connectivity index (χ3v) is 6.69. The molecular weight excluding hydrogens is 382 g/mol. The van der Waals surface area contributed by atoms with E-state index >= 15 is 0 Å². The lowest BCUT2D eigenvalue weighted by atomic mass is 9.93. The van der Waals surface area contributed by atoms with Gasteiger partial charge in [-0.2, -0.15) is 0 Å². The topological polar surface area (TPSA) is 38.1 Å². The average Bonchev–Trinajstić information content (AvgIpc) is 3.31. The Morgan fingerprint density at radius 3 is 2.42 bits per heavy atom. The summed E-state index contributed by atoms with van der Waals surface area (Å²) >= 11 is 0. The zero-order valence-electron chi connectivity index (χ0n) is 17.9. The van der Waals surface area contributed by atoms with Crippen LogP contribution in [-0.4, -0.2) is 40.0 Å². The largest absolute Gasteiger partial charge is 0.302 e. The Hall–Kier alpha value is -2.98. The molecule has 0 spiro atoms. The molecule has 1 aliphatic carbocycles. The normalized spacial score (nSPS) is 18.7. The number of carbonyl (C=O) groups excluding carboxylic acids is 1. The molecule has 0 bridgehead atoms. The van der Waals surface area contributed by atoms with E-state index < -0.39 is 0 Å². The summed E-state index contributed by atoms with van der Waals surface area (Å²) in [5.41, 5.74) is 6.99. The smallest absolute Gasteiger partial charge is 0.236 e. The van der Waals surface area contributed by atoms with Crippen LogP contribution in [0.1, 0.15) is 46.3 Å². The zero-order valence-corrected chi connectivity index (χ0v) is 17.9. The quantitative estimate of drug-likeness (QED) is 0.616. The summed E-state index contributed by atoms with van der Waals surface area (Å²) < 4.78 is 1.63. The van der Waals surface area contributed by atoms with Crippen LogP contribution >= 0.6 is 0 Å².